The van der Waals surface area contributed by atoms with Gasteiger partial charge in [-0.05, 0) is 19.8 Å². The van der Waals surface area contributed by atoms with Crippen molar-refractivity contribution >= 4 is 17.3 Å². The third-order valence-corrected chi connectivity index (χ3v) is 4.24. The number of ether oxygens (including phenoxy) is 2. The number of thiazole rings is 1. The molecule has 2 rings (SSSR count). The molecule has 1 aliphatic rings. The molecular formula is C15H26N4O2S. The van der Waals surface area contributed by atoms with E-state index in [1.54, 1.807) is 18.4 Å². The van der Waals surface area contributed by atoms with Gasteiger partial charge in [0.25, 0.3) is 0 Å². The first-order chi connectivity index (χ1) is 10.8. The molecule has 2 N–H and O–H groups in total. The maximum absolute atomic E-state index is 5.73. The van der Waals surface area contributed by atoms with Crippen molar-refractivity contribution < 1.29 is 9.47 Å². The molecule has 1 atom stereocenters. The highest BCUT2D eigenvalue weighted by Crippen LogP contribution is 2.08. The monoisotopic (exact) mass is 326 g/mol. The number of aromatic nitrogens is 1. The Bertz CT molecular complexity index is 458. The van der Waals surface area contributed by atoms with Crippen molar-refractivity contribution in [1.82, 2.24) is 15.6 Å². The Balaban J connectivity index is 1.51. The highest BCUT2D eigenvalue weighted by Gasteiger charge is 2.15. The van der Waals surface area contributed by atoms with Crippen LogP contribution < -0.4 is 10.6 Å². The zero-order valence-electron chi connectivity index (χ0n) is 13.4. The highest BCUT2D eigenvalue weighted by atomic mass is 32.1. The minimum absolute atomic E-state index is 0.291. The number of rotatable bonds is 8. The van der Waals surface area contributed by atoms with E-state index in [1.807, 2.05) is 6.92 Å². The van der Waals surface area contributed by atoms with Gasteiger partial charge in [0.1, 0.15) is 0 Å². The van der Waals surface area contributed by atoms with E-state index in [-0.39, 0.29) is 0 Å². The fourth-order valence-corrected chi connectivity index (χ4v) is 2.87. The third kappa shape index (κ3) is 6.29. The standard InChI is InChI=1S/C15H26N4O2S/c1-12-19-13(11-22-12)4-7-18-15(16-2)17-6-3-8-21-14-5-9-20-10-14/h11,14H,3-10H2,1-2H3,(H2,16,17,18). The fourth-order valence-electron chi connectivity index (χ4n) is 2.23. The van der Waals surface area contributed by atoms with Gasteiger partial charge in [0.15, 0.2) is 5.96 Å². The number of aliphatic imine (C=N–C) groups is 1. The summed E-state index contributed by atoms with van der Waals surface area (Å²) in [6, 6.07) is 0. The number of nitrogens with zero attached hydrogens (tertiary/aromatic N) is 2. The average Bonchev–Trinajstić information content (AvgIpc) is 3.17. The van der Waals surface area contributed by atoms with Crippen LogP contribution in [0.25, 0.3) is 0 Å². The molecule has 1 aromatic heterocycles. The van der Waals surface area contributed by atoms with Gasteiger partial charge in [0.2, 0.25) is 0 Å². The van der Waals surface area contributed by atoms with Crippen LogP contribution in [-0.4, -0.2) is 57.0 Å². The Morgan fingerprint density at radius 3 is 3.05 bits per heavy atom. The predicted octanol–water partition coefficient (Wildman–Crippen LogP) is 1.35. The summed E-state index contributed by atoms with van der Waals surface area (Å²) in [6.07, 6.45) is 3.18. The van der Waals surface area contributed by atoms with Crippen LogP contribution in [0.1, 0.15) is 23.5 Å². The lowest BCUT2D eigenvalue weighted by molar-refractivity contribution is 0.0420. The van der Waals surface area contributed by atoms with Crippen molar-refractivity contribution in [2.45, 2.75) is 32.3 Å². The van der Waals surface area contributed by atoms with Crippen LogP contribution in [-0.2, 0) is 15.9 Å². The van der Waals surface area contributed by atoms with Crippen molar-refractivity contribution in [2.24, 2.45) is 4.99 Å². The van der Waals surface area contributed by atoms with Gasteiger partial charge in [0, 0.05) is 45.2 Å². The van der Waals surface area contributed by atoms with Gasteiger partial charge in [-0.1, -0.05) is 0 Å². The molecule has 0 aromatic carbocycles. The van der Waals surface area contributed by atoms with Crippen LogP contribution in [0.3, 0.4) is 0 Å². The molecule has 1 saturated heterocycles. The fraction of sp³-hybridized carbons (Fsp3) is 0.733. The third-order valence-electron chi connectivity index (χ3n) is 3.42. The van der Waals surface area contributed by atoms with Crippen LogP contribution >= 0.6 is 11.3 Å². The lowest BCUT2D eigenvalue weighted by Crippen LogP contribution is -2.39. The average molecular weight is 326 g/mol. The zero-order chi connectivity index (χ0) is 15.6. The van der Waals surface area contributed by atoms with Gasteiger partial charge in [-0.2, -0.15) is 0 Å². The van der Waals surface area contributed by atoms with E-state index in [0.717, 1.165) is 68.8 Å². The van der Waals surface area contributed by atoms with E-state index in [1.165, 1.54) is 0 Å². The van der Waals surface area contributed by atoms with Gasteiger partial charge in [0.05, 0.1) is 23.4 Å². The van der Waals surface area contributed by atoms with Gasteiger partial charge in [-0.15, -0.1) is 11.3 Å². The molecule has 6 nitrogen and oxygen atoms in total. The van der Waals surface area contributed by atoms with Crippen LogP contribution in [0.15, 0.2) is 10.4 Å². The summed E-state index contributed by atoms with van der Waals surface area (Å²) < 4.78 is 11.0. The highest BCUT2D eigenvalue weighted by molar-refractivity contribution is 7.09. The van der Waals surface area contributed by atoms with Crippen molar-refractivity contribution in [3.05, 3.63) is 16.1 Å². The second kappa shape index (κ2) is 9.76. The number of guanidine groups is 1. The van der Waals surface area contributed by atoms with E-state index in [0.29, 0.717) is 6.10 Å². The van der Waals surface area contributed by atoms with E-state index in [9.17, 15) is 0 Å². The Hall–Kier alpha value is -1.18. The zero-order valence-corrected chi connectivity index (χ0v) is 14.2. The van der Waals surface area contributed by atoms with Crippen LogP contribution in [0.4, 0.5) is 0 Å². The molecule has 124 valence electrons. The first kappa shape index (κ1) is 17.2. The molecule has 0 saturated carbocycles. The summed E-state index contributed by atoms with van der Waals surface area (Å²) in [7, 11) is 1.79. The lowest BCUT2D eigenvalue weighted by Gasteiger charge is -2.12. The molecule has 1 fully saturated rings. The van der Waals surface area contributed by atoms with Crippen molar-refractivity contribution in [3.63, 3.8) is 0 Å². The molecular weight excluding hydrogens is 300 g/mol. The molecule has 0 radical (unpaired) electrons. The molecule has 0 bridgehead atoms. The molecule has 22 heavy (non-hydrogen) atoms. The van der Waals surface area contributed by atoms with E-state index in [4.69, 9.17) is 9.47 Å². The van der Waals surface area contributed by atoms with Crippen LogP contribution in [0, 0.1) is 6.92 Å². The minimum atomic E-state index is 0.291. The molecule has 0 amide bonds. The SMILES string of the molecule is CN=C(NCCCOC1CCOC1)NCCc1csc(C)n1. The summed E-state index contributed by atoms with van der Waals surface area (Å²) in [6.45, 7) is 6.05. The smallest absolute Gasteiger partial charge is 0.190 e. The second-order valence-electron chi connectivity index (χ2n) is 5.24. The molecule has 0 spiro atoms. The Labute approximate surface area is 136 Å². The number of aryl methyl sites for hydroxylation is 1. The topological polar surface area (TPSA) is 67.8 Å². The number of hydrogen-bond acceptors (Lipinski definition) is 5. The molecule has 2 heterocycles. The van der Waals surface area contributed by atoms with Gasteiger partial charge in [-0.3, -0.25) is 4.99 Å². The van der Waals surface area contributed by atoms with Crippen molar-refractivity contribution in [3.8, 4) is 0 Å². The maximum Gasteiger partial charge on any atom is 0.190 e. The summed E-state index contributed by atoms with van der Waals surface area (Å²) in [4.78, 5) is 8.66. The number of hydrogen-bond donors (Lipinski definition) is 2. The van der Waals surface area contributed by atoms with Crippen LogP contribution in [0.5, 0.6) is 0 Å². The Kier molecular flexibility index (Phi) is 7.62. The first-order valence-corrected chi connectivity index (χ1v) is 8.71. The molecule has 1 aliphatic heterocycles. The van der Waals surface area contributed by atoms with E-state index in [2.05, 4.69) is 26.0 Å². The van der Waals surface area contributed by atoms with Gasteiger partial charge in [-0.25, -0.2) is 4.98 Å². The van der Waals surface area contributed by atoms with Crippen molar-refractivity contribution in [2.75, 3.05) is 40.0 Å². The number of nitrogens with one attached hydrogen (secondary N) is 2. The Morgan fingerprint density at radius 1 is 1.50 bits per heavy atom. The Morgan fingerprint density at radius 2 is 2.36 bits per heavy atom. The van der Waals surface area contributed by atoms with E-state index < -0.39 is 0 Å². The van der Waals surface area contributed by atoms with Gasteiger partial charge < -0.3 is 20.1 Å². The summed E-state index contributed by atoms with van der Waals surface area (Å²) in [5, 5.41) is 9.82. The quantitative estimate of drug-likeness (QED) is 0.429. The summed E-state index contributed by atoms with van der Waals surface area (Å²) >= 11 is 1.69. The van der Waals surface area contributed by atoms with E-state index >= 15 is 0 Å². The molecule has 7 heteroatoms. The normalized spacial score (nSPS) is 18.6. The largest absolute Gasteiger partial charge is 0.379 e. The summed E-state index contributed by atoms with van der Waals surface area (Å²) in [5.74, 6) is 0.830. The lowest BCUT2D eigenvalue weighted by atomic mass is 10.3. The predicted molar refractivity (Wildman–Crippen MR) is 89.7 cm³/mol. The minimum Gasteiger partial charge on any atom is -0.379 e. The molecule has 1 aromatic rings. The van der Waals surface area contributed by atoms with Gasteiger partial charge >= 0.3 is 0 Å². The summed E-state index contributed by atoms with van der Waals surface area (Å²) in [5.41, 5.74) is 1.14. The van der Waals surface area contributed by atoms with Crippen LogP contribution in [0.2, 0.25) is 0 Å². The molecule has 0 aliphatic carbocycles. The molecule has 1 unspecified atom stereocenters. The van der Waals surface area contributed by atoms with Crippen molar-refractivity contribution in [1.29, 1.82) is 0 Å². The first-order valence-electron chi connectivity index (χ1n) is 7.83. The maximum atomic E-state index is 5.73. The second-order valence-corrected chi connectivity index (χ2v) is 6.31.